The second-order valence-electron chi connectivity index (χ2n) is 6.25. The number of piperidine rings is 1. The van der Waals surface area contributed by atoms with Crippen LogP contribution in [0.1, 0.15) is 24.3 Å². The molecular formula is C16H21N3O6. The van der Waals surface area contributed by atoms with Gasteiger partial charge in [0, 0.05) is 25.2 Å². The van der Waals surface area contributed by atoms with Gasteiger partial charge in [-0.2, -0.15) is 0 Å². The summed E-state index contributed by atoms with van der Waals surface area (Å²) in [5, 5.41) is 3.77. The molecule has 0 saturated carbocycles. The molecule has 0 unspecified atom stereocenters. The maximum atomic E-state index is 12.3. The van der Waals surface area contributed by atoms with E-state index in [0.29, 0.717) is 31.7 Å². The van der Waals surface area contributed by atoms with Crippen LogP contribution >= 0.6 is 0 Å². The van der Waals surface area contributed by atoms with E-state index in [2.05, 4.69) is 5.16 Å². The van der Waals surface area contributed by atoms with E-state index in [1.807, 2.05) is 0 Å². The molecule has 0 bridgehead atoms. The van der Waals surface area contributed by atoms with Crippen molar-refractivity contribution in [1.29, 1.82) is 0 Å². The molecule has 2 fully saturated rings. The predicted octanol–water partition coefficient (Wildman–Crippen LogP) is 0.510. The van der Waals surface area contributed by atoms with Crippen LogP contribution in [0.5, 0.6) is 0 Å². The molecule has 136 valence electrons. The summed E-state index contributed by atoms with van der Waals surface area (Å²) in [6.07, 6.45) is 0.840. The minimum atomic E-state index is -0.707. The highest BCUT2D eigenvalue weighted by Gasteiger charge is 2.44. The maximum absolute atomic E-state index is 12.3. The number of nitrogens with zero attached hydrogens (tertiary/aromatic N) is 3. The molecule has 2 aliphatic heterocycles. The first-order chi connectivity index (χ1) is 12.0. The van der Waals surface area contributed by atoms with Crippen molar-refractivity contribution in [3.05, 3.63) is 17.5 Å². The fourth-order valence-electron chi connectivity index (χ4n) is 3.31. The first-order valence-corrected chi connectivity index (χ1v) is 8.22. The number of aryl methyl sites for hydroxylation is 1. The first-order valence-electron chi connectivity index (χ1n) is 8.22. The Morgan fingerprint density at radius 1 is 1.36 bits per heavy atom. The summed E-state index contributed by atoms with van der Waals surface area (Å²) >= 11 is 0. The lowest BCUT2D eigenvalue weighted by atomic mass is 10.0. The van der Waals surface area contributed by atoms with Crippen LogP contribution in [0, 0.1) is 6.92 Å². The van der Waals surface area contributed by atoms with Crippen molar-refractivity contribution >= 4 is 18.0 Å². The van der Waals surface area contributed by atoms with Gasteiger partial charge in [-0.15, -0.1) is 0 Å². The van der Waals surface area contributed by atoms with Crippen molar-refractivity contribution < 1.29 is 28.4 Å². The molecule has 0 radical (unpaired) electrons. The van der Waals surface area contributed by atoms with Gasteiger partial charge in [-0.25, -0.2) is 9.59 Å². The first kappa shape index (κ1) is 17.2. The zero-order valence-electron chi connectivity index (χ0n) is 14.3. The molecule has 2 saturated heterocycles. The van der Waals surface area contributed by atoms with Crippen molar-refractivity contribution in [1.82, 2.24) is 15.0 Å². The minimum absolute atomic E-state index is 0.00942. The van der Waals surface area contributed by atoms with E-state index in [4.69, 9.17) is 14.0 Å². The number of aromatic nitrogens is 1. The molecule has 2 amide bonds. The van der Waals surface area contributed by atoms with E-state index >= 15 is 0 Å². The van der Waals surface area contributed by atoms with Crippen molar-refractivity contribution in [2.45, 2.75) is 38.3 Å². The maximum Gasteiger partial charge on any atom is 0.410 e. The summed E-state index contributed by atoms with van der Waals surface area (Å²) in [5.41, 5.74) is 0.739. The van der Waals surface area contributed by atoms with Crippen molar-refractivity contribution in [3.8, 4) is 0 Å². The number of amides is 2. The number of likely N-dealkylation sites (tertiary alicyclic amines) is 1. The van der Waals surface area contributed by atoms with Crippen LogP contribution < -0.4 is 0 Å². The molecule has 25 heavy (non-hydrogen) atoms. The largest absolute Gasteiger partial charge is 0.467 e. The third-order valence-corrected chi connectivity index (χ3v) is 4.60. The van der Waals surface area contributed by atoms with Crippen LogP contribution in [-0.4, -0.2) is 71.8 Å². The van der Waals surface area contributed by atoms with E-state index in [0.717, 1.165) is 5.69 Å². The predicted molar refractivity (Wildman–Crippen MR) is 83.5 cm³/mol. The Hall–Kier alpha value is -2.58. The molecule has 3 heterocycles. The Bertz CT molecular complexity index is 665. The minimum Gasteiger partial charge on any atom is -0.467 e. The summed E-state index contributed by atoms with van der Waals surface area (Å²) in [6, 6.07) is 0.892. The Kier molecular flexibility index (Phi) is 4.91. The highest BCUT2D eigenvalue weighted by molar-refractivity contribution is 5.84. The molecule has 1 aromatic rings. The van der Waals surface area contributed by atoms with E-state index in [1.54, 1.807) is 17.9 Å². The lowest BCUT2D eigenvalue weighted by Crippen LogP contribution is -2.52. The van der Waals surface area contributed by atoms with Crippen LogP contribution in [0.15, 0.2) is 10.6 Å². The molecule has 9 heteroatoms. The van der Waals surface area contributed by atoms with Crippen molar-refractivity contribution in [3.63, 3.8) is 0 Å². The number of esters is 1. The molecule has 0 aliphatic carbocycles. The Morgan fingerprint density at radius 3 is 2.68 bits per heavy atom. The zero-order valence-corrected chi connectivity index (χ0v) is 14.3. The molecule has 1 atom stereocenters. The number of hydrogen-bond donors (Lipinski definition) is 0. The van der Waals surface area contributed by atoms with Crippen LogP contribution in [-0.2, 0) is 25.5 Å². The number of ether oxygens (including phenoxy) is 2. The number of cyclic esters (lactones) is 1. The van der Waals surface area contributed by atoms with Crippen LogP contribution in [0.3, 0.4) is 0 Å². The van der Waals surface area contributed by atoms with Gasteiger partial charge >= 0.3 is 12.1 Å². The SMILES string of the molecule is COC(=O)[C@H]1COC(=O)N1C1CCN(C(=O)Cc2cc(C)no2)CC1. The van der Waals surface area contributed by atoms with Crippen molar-refractivity contribution in [2.75, 3.05) is 26.8 Å². The second-order valence-corrected chi connectivity index (χ2v) is 6.25. The fraction of sp³-hybridized carbons (Fsp3) is 0.625. The Balaban J connectivity index is 1.56. The van der Waals surface area contributed by atoms with Gasteiger partial charge in [0.05, 0.1) is 19.2 Å². The second kappa shape index (κ2) is 7.12. The van der Waals surface area contributed by atoms with Crippen LogP contribution in [0.2, 0.25) is 0 Å². The van der Waals surface area contributed by atoms with E-state index < -0.39 is 18.1 Å². The molecule has 0 N–H and O–H groups in total. The molecule has 0 spiro atoms. The quantitative estimate of drug-likeness (QED) is 0.728. The highest BCUT2D eigenvalue weighted by Crippen LogP contribution is 2.25. The van der Waals surface area contributed by atoms with E-state index in [1.165, 1.54) is 12.0 Å². The monoisotopic (exact) mass is 351 g/mol. The normalized spacial score (nSPS) is 21.4. The van der Waals surface area contributed by atoms with E-state index in [9.17, 15) is 14.4 Å². The fourth-order valence-corrected chi connectivity index (χ4v) is 3.31. The summed E-state index contributed by atoms with van der Waals surface area (Å²) < 4.78 is 14.8. The molecule has 2 aliphatic rings. The summed E-state index contributed by atoms with van der Waals surface area (Å²) in [6.45, 7) is 2.83. The average Bonchev–Trinajstić information content (AvgIpc) is 3.20. The summed E-state index contributed by atoms with van der Waals surface area (Å²) in [5.74, 6) is 0.0201. The molecule has 3 rings (SSSR count). The van der Waals surface area contributed by atoms with Gasteiger partial charge in [-0.05, 0) is 19.8 Å². The summed E-state index contributed by atoms with van der Waals surface area (Å²) in [4.78, 5) is 39.3. The van der Waals surface area contributed by atoms with Gasteiger partial charge in [0.1, 0.15) is 12.4 Å². The average molecular weight is 351 g/mol. The molecule has 9 nitrogen and oxygen atoms in total. The van der Waals surface area contributed by atoms with Gasteiger partial charge in [-0.1, -0.05) is 5.16 Å². The van der Waals surface area contributed by atoms with Gasteiger partial charge in [0.2, 0.25) is 5.91 Å². The van der Waals surface area contributed by atoms with Crippen LogP contribution in [0.25, 0.3) is 0 Å². The number of carbonyl (C=O) groups is 3. The van der Waals surface area contributed by atoms with Crippen LogP contribution in [0.4, 0.5) is 4.79 Å². The Labute approximate surface area is 144 Å². The third-order valence-electron chi connectivity index (χ3n) is 4.60. The topological polar surface area (TPSA) is 102 Å². The number of carbonyl (C=O) groups excluding carboxylic acids is 3. The third kappa shape index (κ3) is 3.59. The lowest BCUT2D eigenvalue weighted by Gasteiger charge is -2.37. The standard InChI is InChI=1S/C16H21N3O6/c1-10-7-12(25-17-10)8-14(20)18-5-3-11(4-6-18)19-13(15(21)23-2)9-24-16(19)22/h7,11,13H,3-6,8-9H2,1-2H3/t13-/m1/s1. The number of rotatable bonds is 4. The van der Waals surface area contributed by atoms with Gasteiger partial charge in [-0.3, -0.25) is 9.69 Å². The highest BCUT2D eigenvalue weighted by atomic mass is 16.6. The van der Waals surface area contributed by atoms with E-state index in [-0.39, 0.29) is 25.0 Å². The smallest absolute Gasteiger partial charge is 0.410 e. The Morgan fingerprint density at radius 2 is 2.08 bits per heavy atom. The lowest BCUT2D eigenvalue weighted by molar-refractivity contribution is -0.146. The van der Waals surface area contributed by atoms with Gasteiger partial charge in [0.25, 0.3) is 0 Å². The van der Waals surface area contributed by atoms with Crippen molar-refractivity contribution in [2.24, 2.45) is 0 Å². The summed E-state index contributed by atoms with van der Waals surface area (Å²) in [7, 11) is 1.29. The molecule has 0 aromatic carbocycles. The zero-order chi connectivity index (χ0) is 18.0. The van der Waals surface area contributed by atoms with Gasteiger partial charge < -0.3 is 18.9 Å². The number of methoxy groups -OCH3 is 1. The van der Waals surface area contributed by atoms with Gasteiger partial charge in [0.15, 0.2) is 6.04 Å². The number of hydrogen-bond acceptors (Lipinski definition) is 7. The molecule has 1 aromatic heterocycles. The molecular weight excluding hydrogens is 330 g/mol.